The zero-order valence-corrected chi connectivity index (χ0v) is 15.3. The molecule has 0 aliphatic heterocycles. The Bertz CT molecular complexity index is 1010. The molecule has 2 aromatic carbocycles. The summed E-state index contributed by atoms with van der Waals surface area (Å²) in [5.41, 5.74) is 4.61. The Labute approximate surface area is 157 Å². The fraction of sp³-hybridized carbons (Fsp3) is 0.273. The highest BCUT2D eigenvalue weighted by Gasteiger charge is 2.20. The van der Waals surface area contributed by atoms with Crippen molar-refractivity contribution < 1.29 is 4.39 Å². The molecule has 4 nitrogen and oxygen atoms in total. The first kappa shape index (κ1) is 17.5. The molecule has 0 spiro atoms. The lowest BCUT2D eigenvalue weighted by atomic mass is 10.1. The maximum Gasteiger partial charge on any atom is 0.280 e. The van der Waals surface area contributed by atoms with Crippen LogP contribution < -0.4 is 5.56 Å². The highest BCUT2D eigenvalue weighted by Crippen LogP contribution is 2.23. The Morgan fingerprint density at radius 1 is 1.15 bits per heavy atom. The van der Waals surface area contributed by atoms with Crippen molar-refractivity contribution in [3.63, 3.8) is 0 Å². The molecule has 0 fully saturated rings. The van der Waals surface area contributed by atoms with E-state index in [1.54, 1.807) is 18.3 Å². The number of nitrogens with one attached hydrogen (secondary N) is 1. The molecule has 4 rings (SSSR count). The maximum atomic E-state index is 13.2. The van der Waals surface area contributed by atoms with Gasteiger partial charge in [-0.25, -0.2) is 9.07 Å². The van der Waals surface area contributed by atoms with Crippen molar-refractivity contribution in [1.82, 2.24) is 9.78 Å². The number of nitrogens with zero attached hydrogens (tertiary/aromatic N) is 2. The molecule has 3 aromatic rings. The molecule has 0 saturated carbocycles. The number of fused-ring (bicyclic) bond motifs is 1. The molecule has 1 aliphatic carbocycles. The van der Waals surface area contributed by atoms with Gasteiger partial charge in [0, 0.05) is 11.9 Å². The zero-order valence-electron chi connectivity index (χ0n) is 15.3. The van der Waals surface area contributed by atoms with Crippen LogP contribution in [0.25, 0.3) is 5.69 Å². The minimum atomic E-state index is -0.324. The number of aromatic nitrogens is 2. The smallest absolute Gasteiger partial charge is 0.280 e. The van der Waals surface area contributed by atoms with Gasteiger partial charge in [-0.05, 0) is 54.7 Å². The average Bonchev–Trinajstić information content (AvgIpc) is 3.22. The summed E-state index contributed by atoms with van der Waals surface area (Å²) in [4.78, 5) is 17.6. The lowest BCUT2D eigenvalue weighted by Gasteiger charge is -2.01. The summed E-state index contributed by atoms with van der Waals surface area (Å²) in [6.07, 6.45) is 5.22. The summed E-state index contributed by atoms with van der Waals surface area (Å²) in [5, 5.41) is 3.17. The van der Waals surface area contributed by atoms with E-state index in [0.717, 1.165) is 31.4 Å². The molecule has 0 amide bonds. The molecule has 0 saturated heterocycles. The third kappa shape index (κ3) is 3.50. The maximum absolute atomic E-state index is 13.2. The van der Waals surface area contributed by atoms with Crippen molar-refractivity contribution in [1.29, 1.82) is 0 Å². The van der Waals surface area contributed by atoms with E-state index in [1.165, 1.54) is 27.9 Å². The van der Waals surface area contributed by atoms with Crippen molar-refractivity contribution in [2.45, 2.75) is 38.6 Å². The quantitative estimate of drug-likeness (QED) is 0.688. The average molecular weight is 363 g/mol. The van der Waals surface area contributed by atoms with Gasteiger partial charge in [-0.1, -0.05) is 37.6 Å². The van der Waals surface area contributed by atoms with Crippen molar-refractivity contribution >= 4 is 6.21 Å². The minimum absolute atomic E-state index is 0.149. The number of halogens is 1. The van der Waals surface area contributed by atoms with Crippen LogP contribution >= 0.6 is 0 Å². The van der Waals surface area contributed by atoms with Crippen LogP contribution in [0.1, 0.15) is 35.7 Å². The molecular formula is C22H22FN3O. The Morgan fingerprint density at radius 2 is 1.81 bits per heavy atom. The molecule has 0 bridgehead atoms. The van der Waals surface area contributed by atoms with Gasteiger partial charge in [0.2, 0.25) is 0 Å². The van der Waals surface area contributed by atoms with E-state index in [2.05, 4.69) is 36.3 Å². The van der Waals surface area contributed by atoms with Crippen molar-refractivity contribution in [3.05, 3.63) is 87.1 Å². The summed E-state index contributed by atoms with van der Waals surface area (Å²) in [6, 6.07) is 14.5. The Morgan fingerprint density at radius 3 is 2.44 bits per heavy atom. The number of aliphatic imine (C=N–C) groups is 1. The van der Waals surface area contributed by atoms with Crippen molar-refractivity contribution in [3.8, 4) is 5.69 Å². The molecule has 0 radical (unpaired) electrons. The molecule has 1 aromatic heterocycles. The van der Waals surface area contributed by atoms with Crippen LogP contribution in [0, 0.1) is 5.82 Å². The lowest BCUT2D eigenvalue weighted by Crippen LogP contribution is -2.17. The SMILES string of the molecule is CCCc1[nH]n(-c2ccc(F)cc2)c(=O)c1C=NC1Cc2ccccc2C1. The van der Waals surface area contributed by atoms with E-state index < -0.39 is 0 Å². The van der Waals surface area contributed by atoms with Crippen molar-refractivity contribution in [2.75, 3.05) is 0 Å². The Hall–Kier alpha value is -2.95. The third-order valence-corrected chi connectivity index (χ3v) is 5.03. The van der Waals surface area contributed by atoms with Crippen LogP contribution in [0.3, 0.4) is 0 Å². The molecule has 5 heteroatoms. The summed E-state index contributed by atoms with van der Waals surface area (Å²) < 4.78 is 14.7. The number of hydrogen-bond acceptors (Lipinski definition) is 2. The standard InChI is InChI=1S/C22H22FN3O/c1-2-5-21-20(14-24-18-12-15-6-3-4-7-16(15)13-18)22(27)26(25-21)19-10-8-17(23)9-11-19/h3-4,6-11,14,18,25H,2,5,12-13H2,1H3. The fourth-order valence-electron chi connectivity index (χ4n) is 3.66. The molecule has 1 aliphatic rings. The first-order valence-corrected chi connectivity index (χ1v) is 9.35. The zero-order chi connectivity index (χ0) is 18.8. The normalized spacial score (nSPS) is 14.1. The van der Waals surface area contributed by atoms with Crippen molar-refractivity contribution in [2.24, 2.45) is 4.99 Å². The number of benzene rings is 2. The van der Waals surface area contributed by atoms with E-state index in [4.69, 9.17) is 4.99 Å². The summed E-state index contributed by atoms with van der Waals surface area (Å²) >= 11 is 0. The van der Waals surface area contributed by atoms with Gasteiger partial charge in [-0.3, -0.25) is 14.9 Å². The molecular weight excluding hydrogens is 341 g/mol. The molecule has 0 atom stereocenters. The van der Waals surface area contributed by atoms with Crippen LogP contribution in [0.2, 0.25) is 0 Å². The Balaban J connectivity index is 1.64. The van der Waals surface area contributed by atoms with E-state index in [-0.39, 0.29) is 17.4 Å². The largest absolute Gasteiger partial charge is 0.294 e. The number of aryl methyl sites for hydroxylation is 1. The summed E-state index contributed by atoms with van der Waals surface area (Å²) in [5.74, 6) is -0.324. The first-order chi connectivity index (χ1) is 13.2. The van der Waals surface area contributed by atoms with Gasteiger partial charge < -0.3 is 0 Å². The van der Waals surface area contributed by atoms with Gasteiger partial charge in [0.15, 0.2) is 0 Å². The highest BCUT2D eigenvalue weighted by molar-refractivity contribution is 5.81. The third-order valence-electron chi connectivity index (χ3n) is 5.03. The lowest BCUT2D eigenvalue weighted by molar-refractivity contribution is 0.626. The van der Waals surface area contributed by atoms with Gasteiger partial charge in [0.25, 0.3) is 5.56 Å². The predicted molar refractivity (Wildman–Crippen MR) is 106 cm³/mol. The van der Waals surface area contributed by atoms with Gasteiger partial charge in [0.05, 0.1) is 17.3 Å². The van der Waals surface area contributed by atoms with Crippen LogP contribution in [0.5, 0.6) is 0 Å². The van der Waals surface area contributed by atoms with Gasteiger partial charge in [0.1, 0.15) is 5.82 Å². The molecule has 0 unspecified atom stereocenters. The van der Waals surface area contributed by atoms with Crippen LogP contribution in [0.15, 0.2) is 58.3 Å². The number of aromatic amines is 1. The van der Waals surface area contributed by atoms with Gasteiger partial charge >= 0.3 is 0 Å². The fourth-order valence-corrected chi connectivity index (χ4v) is 3.66. The predicted octanol–water partition coefficient (Wildman–Crippen LogP) is 3.84. The molecule has 1 N–H and O–H groups in total. The molecule has 1 heterocycles. The number of H-pyrrole nitrogens is 1. The molecule has 138 valence electrons. The highest BCUT2D eigenvalue weighted by atomic mass is 19.1. The summed E-state index contributed by atoms with van der Waals surface area (Å²) in [7, 11) is 0. The van der Waals surface area contributed by atoms with Crippen LogP contribution in [-0.2, 0) is 19.3 Å². The van der Waals surface area contributed by atoms with Gasteiger partial charge in [-0.2, -0.15) is 0 Å². The first-order valence-electron chi connectivity index (χ1n) is 9.35. The topological polar surface area (TPSA) is 50.1 Å². The second kappa shape index (κ2) is 7.35. The number of rotatable bonds is 5. The van der Waals surface area contributed by atoms with Gasteiger partial charge in [-0.15, -0.1) is 0 Å². The Kier molecular flexibility index (Phi) is 4.75. The van der Waals surface area contributed by atoms with E-state index in [1.807, 2.05) is 0 Å². The van der Waals surface area contributed by atoms with E-state index in [0.29, 0.717) is 11.3 Å². The minimum Gasteiger partial charge on any atom is -0.294 e. The summed E-state index contributed by atoms with van der Waals surface area (Å²) in [6.45, 7) is 2.07. The monoisotopic (exact) mass is 363 g/mol. The number of hydrogen-bond donors (Lipinski definition) is 1. The molecule has 27 heavy (non-hydrogen) atoms. The van der Waals surface area contributed by atoms with Crippen LogP contribution in [-0.4, -0.2) is 22.0 Å². The van der Waals surface area contributed by atoms with E-state index >= 15 is 0 Å². The second-order valence-electron chi connectivity index (χ2n) is 6.98. The van der Waals surface area contributed by atoms with Crippen LogP contribution in [0.4, 0.5) is 4.39 Å². The van der Waals surface area contributed by atoms with E-state index in [9.17, 15) is 9.18 Å². The second-order valence-corrected chi connectivity index (χ2v) is 6.98.